The van der Waals surface area contributed by atoms with Crippen LogP contribution in [-0.4, -0.2) is 28.1 Å². The third-order valence-electron chi connectivity index (χ3n) is 13.1. The fourth-order valence-electron chi connectivity index (χ4n) is 10.4. The average molecular weight is 471 g/mol. The predicted octanol–water partition coefficient (Wildman–Crippen LogP) is 6.41. The van der Waals surface area contributed by atoms with Gasteiger partial charge < -0.3 is 10.2 Å². The summed E-state index contributed by atoms with van der Waals surface area (Å²) in [6.45, 7) is 15.8. The number of aliphatic hydroxyl groups is 1. The van der Waals surface area contributed by atoms with Crippen LogP contribution in [0.15, 0.2) is 11.6 Å². The first-order valence-electron chi connectivity index (χ1n) is 13.7. The van der Waals surface area contributed by atoms with Crippen molar-refractivity contribution in [1.29, 1.82) is 0 Å². The molecule has 0 bridgehead atoms. The smallest absolute Gasteiger partial charge is 0.309 e. The Hall–Kier alpha value is -1.16. The number of carboxylic acid groups (broad SMARTS) is 1. The maximum atomic E-state index is 14.2. The Morgan fingerprint density at radius 3 is 2.21 bits per heavy atom. The summed E-state index contributed by atoms with van der Waals surface area (Å²) in [6.07, 6.45) is 9.95. The normalized spacial score (nSPS) is 54.1. The van der Waals surface area contributed by atoms with Crippen molar-refractivity contribution >= 4 is 11.8 Å². The molecule has 2 unspecified atom stereocenters. The number of hydrogen-bond donors (Lipinski definition) is 2. The highest BCUT2D eigenvalue weighted by Gasteiger charge is 2.70. The first-order valence-corrected chi connectivity index (χ1v) is 13.7. The third-order valence-corrected chi connectivity index (χ3v) is 13.1. The molecule has 0 amide bonds. The van der Waals surface area contributed by atoms with E-state index in [0.29, 0.717) is 12.3 Å². The van der Waals surface area contributed by atoms with Crippen LogP contribution < -0.4 is 0 Å². The molecule has 0 aliphatic heterocycles. The fraction of sp³-hybridized carbons (Fsp3) is 0.867. The summed E-state index contributed by atoms with van der Waals surface area (Å²) in [7, 11) is 0. The highest BCUT2D eigenvalue weighted by molar-refractivity contribution is 5.95. The van der Waals surface area contributed by atoms with Crippen molar-refractivity contribution in [3.8, 4) is 0 Å². The van der Waals surface area contributed by atoms with Gasteiger partial charge in [-0.05, 0) is 110 Å². The molecule has 0 aromatic rings. The molecule has 4 heteroatoms. The number of hydrogen-bond acceptors (Lipinski definition) is 3. The van der Waals surface area contributed by atoms with Crippen molar-refractivity contribution in [2.45, 2.75) is 112 Å². The van der Waals surface area contributed by atoms with Crippen molar-refractivity contribution in [3.05, 3.63) is 11.6 Å². The Kier molecular flexibility index (Phi) is 5.04. The minimum atomic E-state index is -0.711. The third kappa shape index (κ3) is 2.81. The average Bonchev–Trinajstić information content (AvgIpc) is 2.73. The summed E-state index contributed by atoms with van der Waals surface area (Å²) in [6, 6.07) is 0. The van der Waals surface area contributed by atoms with Gasteiger partial charge in [-0.3, -0.25) is 9.59 Å². The van der Waals surface area contributed by atoms with Gasteiger partial charge in [0.1, 0.15) is 0 Å². The molecule has 9 atom stereocenters. The SMILES string of the molecule is CC1(C)C2CC[C@@]3(C)C(C(=O)C=C4[C@@H]5C[C@](C)(C(=O)O)CC[C@@]5(C)CC[C@@]43C)[C@]2(C)CC[C@H]1O. The molecular weight excluding hydrogens is 424 g/mol. The molecule has 4 fully saturated rings. The minimum absolute atomic E-state index is 0.0296. The van der Waals surface area contributed by atoms with Gasteiger partial charge in [0.05, 0.1) is 11.5 Å². The summed E-state index contributed by atoms with van der Waals surface area (Å²) in [5.74, 6) is 0.0603. The summed E-state index contributed by atoms with van der Waals surface area (Å²) in [4.78, 5) is 26.4. The first-order chi connectivity index (χ1) is 15.6. The Bertz CT molecular complexity index is 965. The number of rotatable bonds is 1. The highest BCUT2D eigenvalue weighted by atomic mass is 16.4. The molecule has 0 saturated heterocycles. The molecule has 190 valence electrons. The van der Waals surface area contributed by atoms with Crippen LogP contribution >= 0.6 is 0 Å². The van der Waals surface area contributed by atoms with Gasteiger partial charge in [0.2, 0.25) is 0 Å². The van der Waals surface area contributed by atoms with E-state index in [2.05, 4.69) is 41.5 Å². The molecule has 0 aromatic carbocycles. The van der Waals surface area contributed by atoms with Crippen molar-refractivity contribution in [3.63, 3.8) is 0 Å². The molecule has 5 aliphatic carbocycles. The molecule has 5 rings (SSSR count). The van der Waals surface area contributed by atoms with Gasteiger partial charge in [0.25, 0.3) is 0 Å². The maximum absolute atomic E-state index is 14.2. The summed E-state index contributed by atoms with van der Waals surface area (Å²) >= 11 is 0. The van der Waals surface area contributed by atoms with Crippen LogP contribution in [0.5, 0.6) is 0 Å². The molecular formula is C30H46O4. The monoisotopic (exact) mass is 470 g/mol. The lowest BCUT2D eigenvalue weighted by molar-refractivity contribution is -0.202. The quantitative estimate of drug-likeness (QED) is 0.464. The van der Waals surface area contributed by atoms with E-state index in [0.717, 1.165) is 51.4 Å². The van der Waals surface area contributed by atoms with Crippen LogP contribution in [0.4, 0.5) is 0 Å². The zero-order chi connectivity index (χ0) is 25.1. The molecule has 0 aromatic heterocycles. The predicted molar refractivity (Wildman–Crippen MR) is 133 cm³/mol. The van der Waals surface area contributed by atoms with E-state index in [1.807, 2.05) is 13.0 Å². The molecule has 34 heavy (non-hydrogen) atoms. The maximum Gasteiger partial charge on any atom is 0.309 e. The second-order valence-electron chi connectivity index (χ2n) is 14.9. The summed E-state index contributed by atoms with van der Waals surface area (Å²) in [5.41, 5.74) is 0.142. The number of carbonyl (C=O) groups is 2. The Balaban J connectivity index is 1.62. The molecule has 0 radical (unpaired) electrons. The van der Waals surface area contributed by atoms with Crippen LogP contribution in [-0.2, 0) is 9.59 Å². The van der Waals surface area contributed by atoms with Crippen LogP contribution in [0.1, 0.15) is 106 Å². The number of aliphatic hydroxyl groups excluding tert-OH is 1. The van der Waals surface area contributed by atoms with Crippen molar-refractivity contribution < 1.29 is 19.8 Å². The largest absolute Gasteiger partial charge is 0.481 e. The van der Waals surface area contributed by atoms with Gasteiger partial charge in [-0.25, -0.2) is 0 Å². The van der Waals surface area contributed by atoms with Crippen LogP contribution in [0.25, 0.3) is 0 Å². The molecule has 4 saturated carbocycles. The Morgan fingerprint density at radius 1 is 0.912 bits per heavy atom. The number of aliphatic carboxylic acids is 1. The lowest BCUT2D eigenvalue weighted by atomic mass is 9.33. The van der Waals surface area contributed by atoms with Gasteiger partial charge in [-0.15, -0.1) is 0 Å². The van der Waals surface area contributed by atoms with Gasteiger partial charge >= 0.3 is 5.97 Å². The fourth-order valence-corrected chi connectivity index (χ4v) is 10.4. The van der Waals surface area contributed by atoms with Crippen molar-refractivity contribution in [2.24, 2.45) is 50.2 Å². The lowest BCUT2D eigenvalue weighted by Crippen LogP contribution is -2.66. The van der Waals surface area contributed by atoms with Crippen molar-refractivity contribution in [2.75, 3.05) is 0 Å². The Morgan fingerprint density at radius 2 is 1.56 bits per heavy atom. The van der Waals surface area contributed by atoms with E-state index in [1.165, 1.54) is 5.57 Å². The van der Waals surface area contributed by atoms with E-state index in [-0.39, 0.29) is 50.8 Å². The summed E-state index contributed by atoms with van der Waals surface area (Å²) in [5, 5.41) is 20.9. The van der Waals surface area contributed by atoms with E-state index in [1.54, 1.807) is 0 Å². The summed E-state index contributed by atoms with van der Waals surface area (Å²) < 4.78 is 0. The van der Waals surface area contributed by atoms with Gasteiger partial charge in [0.15, 0.2) is 5.78 Å². The van der Waals surface area contributed by atoms with Crippen LogP contribution in [0, 0.1) is 50.2 Å². The zero-order valence-electron chi connectivity index (χ0n) is 22.5. The second-order valence-corrected chi connectivity index (χ2v) is 14.9. The van der Waals surface area contributed by atoms with E-state index in [4.69, 9.17) is 0 Å². The van der Waals surface area contributed by atoms with Gasteiger partial charge in [-0.1, -0.05) is 47.1 Å². The number of allylic oxidation sites excluding steroid dienone is 2. The number of fused-ring (bicyclic) bond motifs is 7. The molecule has 0 spiro atoms. The standard InChI is InChI=1S/C30H46O4/c1-25(2)21-8-11-30(7)23(28(21,5)10-9-22(25)32)20(31)16-18-19-17-27(4,24(33)34)13-12-26(19,3)14-15-29(18,30)6/h16,19,21-23,32H,8-15,17H2,1-7H3,(H,33,34)/t19-,21?,22+,23?,26-,27+,28+,29-,30-/m0/s1. The van der Waals surface area contributed by atoms with E-state index in [9.17, 15) is 19.8 Å². The van der Waals surface area contributed by atoms with E-state index < -0.39 is 11.4 Å². The lowest BCUT2D eigenvalue weighted by Gasteiger charge is -2.70. The zero-order valence-corrected chi connectivity index (χ0v) is 22.5. The van der Waals surface area contributed by atoms with Crippen LogP contribution in [0.2, 0.25) is 0 Å². The number of carbonyl (C=O) groups excluding carboxylic acids is 1. The van der Waals surface area contributed by atoms with Crippen LogP contribution in [0.3, 0.4) is 0 Å². The molecule has 5 aliphatic rings. The minimum Gasteiger partial charge on any atom is -0.481 e. The highest BCUT2D eigenvalue weighted by Crippen LogP contribution is 2.75. The Labute approximate surface area is 206 Å². The van der Waals surface area contributed by atoms with Gasteiger partial charge in [-0.2, -0.15) is 0 Å². The van der Waals surface area contributed by atoms with E-state index >= 15 is 0 Å². The number of ketones is 1. The number of carboxylic acids is 1. The molecule has 4 nitrogen and oxygen atoms in total. The molecule has 0 heterocycles. The molecule has 2 N–H and O–H groups in total. The van der Waals surface area contributed by atoms with Crippen molar-refractivity contribution in [1.82, 2.24) is 0 Å². The second kappa shape index (κ2) is 6.99. The first kappa shape index (κ1) is 24.5. The topological polar surface area (TPSA) is 74.6 Å². The van der Waals surface area contributed by atoms with Gasteiger partial charge in [0, 0.05) is 5.92 Å².